The molecule has 1 heterocycles. The summed E-state index contributed by atoms with van der Waals surface area (Å²) in [6.07, 6.45) is 2.71. The van der Waals surface area contributed by atoms with Crippen LogP contribution in [0.1, 0.15) is 49.0 Å². The zero-order valence-corrected chi connectivity index (χ0v) is 12.0. The molecule has 3 nitrogen and oxygen atoms in total. The SMILES string of the molecule is CCC(C)(c1cc(F)cc(C(=O)O)c1)C1CCOCC1. The van der Waals surface area contributed by atoms with E-state index in [1.807, 2.05) is 0 Å². The monoisotopic (exact) mass is 280 g/mol. The number of carbonyl (C=O) groups is 1. The Morgan fingerprint density at radius 3 is 2.60 bits per heavy atom. The first-order valence-corrected chi connectivity index (χ1v) is 7.09. The quantitative estimate of drug-likeness (QED) is 0.916. The third-order valence-corrected chi connectivity index (χ3v) is 4.66. The van der Waals surface area contributed by atoms with Gasteiger partial charge >= 0.3 is 5.97 Å². The van der Waals surface area contributed by atoms with Crippen LogP contribution in [0.5, 0.6) is 0 Å². The van der Waals surface area contributed by atoms with Crippen LogP contribution in [0.25, 0.3) is 0 Å². The summed E-state index contributed by atoms with van der Waals surface area (Å²) in [4.78, 5) is 11.1. The van der Waals surface area contributed by atoms with Gasteiger partial charge in [-0.25, -0.2) is 9.18 Å². The maximum Gasteiger partial charge on any atom is 0.335 e. The molecular weight excluding hydrogens is 259 g/mol. The number of hydrogen-bond acceptors (Lipinski definition) is 2. The highest BCUT2D eigenvalue weighted by Gasteiger charge is 2.36. The van der Waals surface area contributed by atoms with Crippen molar-refractivity contribution >= 4 is 5.97 Å². The van der Waals surface area contributed by atoms with E-state index in [2.05, 4.69) is 13.8 Å². The first-order valence-electron chi connectivity index (χ1n) is 7.09. The molecule has 0 spiro atoms. The highest BCUT2D eigenvalue weighted by atomic mass is 19.1. The average molecular weight is 280 g/mol. The molecule has 1 N–H and O–H groups in total. The van der Waals surface area contributed by atoms with E-state index in [4.69, 9.17) is 9.84 Å². The minimum atomic E-state index is -1.09. The van der Waals surface area contributed by atoms with Crippen molar-refractivity contribution in [3.05, 3.63) is 35.1 Å². The Kier molecular flexibility index (Phi) is 4.43. The molecule has 1 saturated heterocycles. The molecule has 0 saturated carbocycles. The molecule has 0 amide bonds. The lowest BCUT2D eigenvalue weighted by Crippen LogP contribution is -2.36. The maximum absolute atomic E-state index is 13.7. The topological polar surface area (TPSA) is 46.5 Å². The molecule has 1 aromatic rings. The summed E-state index contributed by atoms with van der Waals surface area (Å²) in [6, 6.07) is 4.17. The average Bonchev–Trinajstić information content (AvgIpc) is 2.46. The highest BCUT2D eigenvalue weighted by molar-refractivity contribution is 5.87. The van der Waals surface area contributed by atoms with Crippen LogP contribution in [-0.4, -0.2) is 24.3 Å². The summed E-state index contributed by atoms with van der Waals surface area (Å²) < 4.78 is 19.1. The molecule has 4 heteroatoms. The molecule has 1 fully saturated rings. The van der Waals surface area contributed by atoms with Gasteiger partial charge in [0.05, 0.1) is 5.56 Å². The van der Waals surface area contributed by atoms with Gasteiger partial charge in [0.2, 0.25) is 0 Å². The van der Waals surface area contributed by atoms with Crippen LogP contribution < -0.4 is 0 Å². The standard InChI is InChI=1S/C16H21FO3/c1-3-16(2,12-4-6-20-7-5-12)13-8-11(15(18)19)9-14(17)10-13/h8-10,12H,3-7H2,1-2H3,(H,18,19). The summed E-state index contributed by atoms with van der Waals surface area (Å²) in [7, 11) is 0. The van der Waals surface area contributed by atoms with Crippen molar-refractivity contribution in [1.82, 2.24) is 0 Å². The number of benzene rings is 1. The fourth-order valence-corrected chi connectivity index (χ4v) is 3.11. The molecular formula is C16H21FO3. The number of hydrogen-bond donors (Lipinski definition) is 1. The van der Waals surface area contributed by atoms with Crippen molar-refractivity contribution < 1.29 is 19.0 Å². The van der Waals surface area contributed by atoms with Crippen LogP contribution in [0.2, 0.25) is 0 Å². The van der Waals surface area contributed by atoms with Gasteiger partial charge in [-0.15, -0.1) is 0 Å². The third-order valence-electron chi connectivity index (χ3n) is 4.66. The summed E-state index contributed by atoms with van der Waals surface area (Å²) in [5.74, 6) is -1.17. The number of carboxylic acids is 1. The smallest absolute Gasteiger partial charge is 0.335 e. The van der Waals surface area contributed by atoms with E-state index in [1.54, 1.807) is 6.07 Å². The summed E-state index contributed by atoms with van der Waals surface area (Å²) in [5.41, 5.74) is 0.590. The highest BCUT2D eigenvalue weighted by Crippen LogP contribution is 2.41. The second kappa shape index (κ2) is 5.92. The number of aromatic carboxylic acids is 1. The maximum atomic E-state index is 13.7. The van der Waals surface area contributed by atoms with E-state index in [0.29, 0.717) is 5.92 Å². The Balaban J connectivity index is 2.41. The minimum Gasteiger partial charge on any atom is -0.478 e. The molecule has 0 radical (unpaired) electrons. The van der Waals surface area contributed by atoms with E-state index in [-0.39, 0.29) is 11.0 Å². The van der Waals surface area contributed by atoms with Crippen molar-refractivity contribution in [3.63, 3.8) is 0 Å². The molecule has 1 aliphatic rings. The van der Waals surface area contributed by atoms with Crippen molar-refractivity contribution in [2.45, 2.75) is 38.5 Å². The molecule has 20 heavy (non-hydrogen) atoms. The summed E-state index contributed by atoms with van der Waals surface area (Å²) >= 11 is 0. The van der Waals surface area contributed by atoms with E-state index in [1.165, 1.54) is 6.07 Å². The molecule has 110 valence electrons. The Morgan fingerprint density at radius 1 is 1.40 bits per heavy atom. The van der Waals surface area contributed by atoms with E-state index in [0.717, 1.165) is 44.1 Å². The van der Waals surface area contributed by atoms with Crippen LogP contribution in [0.4, 0.5) is 4.39 Å². The van der Waals surface area contributed by atoms with Gasteiger partial charge in [-0.2, -0.15) is 0 Å². The van der Waals surface area contributed by atoms with Gasteiger partial charge in [0.15, 0.2) is 0 Å². The number of halogens is 1. The van der Waals surface area contributed by atoms with E-state index < -0.39 is 11.8 Å². The predicted molar refractivity (Wildman–Crippen MR) is 74.5 cm³/mol. The van der Waals surface area contributed by atoms with Gasteiger partial charge in [0, 0.05) is 13.2 Å². The van der Waals surface area contributed by atoms with Gasteiger partial charge in [0.1, 0.15) is 5.82 Å². The fourth-order valence-electron chi connectivity index (χ4n) is 3.11. The van der Waals surface area contributed by atoms with Crippen molar-refractivity contribution in [2.24, 2.45) is 5.92 Å². The van der Waals surface area contributed by atoms with Crippen LogP contribution in [0.15, 0.2) is 18.2 Å². The molecule has 1 aromatic carbocycles. The first-order chi connectivity index (χ1) is 9.47. The van der Waals surface area contributed by atoms with Crippen LogP contribution >= 0.6 is 0 Å². The molecule has 0 aromatic heterocycles. The lowest BCUT2D eigenvalue weighted by Gasteiger charge is -2.40. The number of carboxylic acid groups (broad SMARTS) is 1. The van der Waals surface area contributed by atoms with Gasteiger partial charge < -0.3 is 9.84 Å². The third kappa shape index (κ3) is 2.85. The lowest BCUT2D eigenvalue weighted by molar-refractivity contribution is 0.0389. The molecule has 1 aliphatic heterocycles. The molecule has 1 atom stereocenters. The van der Waals surface area contributed by atoms with Crippen molar-refractivity contribution in [3.8, 4) is 0 Å². The van der Waals surface area contributed by atoms with Gasteiger partial charge in [-0.3, -0.25) is 0 Å². The second-order valence-electron chi connectivity index (χ2n) is 5.69. The normalized spacial score (nSPS) is 19.6. The molecule has 0 aliphatic carbocycles. The Labute approximate surface area is 118 Å². The predicted octanol–water partition coefficient (Wildman–Crippen LogP) is 3.62. The van der Waals surface area contributed by atoms with Gasteiger partial charge in [0.25, 0.3) is 0 Å². The van der Waals surface area contributed by atoms with Crippen LogP contribution in [0, 0.1) is 11.7 Å². The Bertz CT molecular complexity index is 494. The summed E-state index contributed by atoms with van der Waals surface area (Å²) in [5, 5.41) is 9.10. The van der Waals surface area contributed by atoms with Crippen molar-refractivity contribution in [1.29, 1.82) is 0 Å². The van der Waals surface area contributed by atoms with Gasteiger partial charge in [-0.1, -0.05) is 13.8 Å². The molecule has 1 unspecified atom stereocenters. The zero-order valence-electron chi connectivity index (χ0n) is 12.0. The van der Waals surface area contributed by atoms with Crippen LogP contribution in [-0.2, 0) is 10.2 Å². The zero-order chi connectivity index (χ0) is 14.8. The first kappa shape index (κ1) is 15.0. The van der Waals surface area contributed by atoms with Gasteiger partial charge in [-0.05, 0) is 54.4 Å². The van der Waals surface area contributed by atoms with E-state index >= 15 is 0 Å². The second-order valence-corrected chi connectivity index (χ2v) is 5.69. The van der Waals surface area contributed by atoms with E-state index in [9.17, 15) is 9.18 Å². The summed E-state index contributed by atoms with van der Waals surface area (Å²) in [6.45, 7) is 5.62. The number of ether oxygens (including phenoxy) is 1. The molecule has 0 bridgehead atoms. The lowest BCUT2D eigenvalue weighted by atomic mass is 9.67. The van der Waals surface area contributed by atoms with Crippen LogP contribution in [0.3, 0.4) is 0 Å². The largest absolute Gasteiger partial charge is 0.478 e. The Hall–Kier alpha value is -1.42. The minimum absolute atomic E-state index is 0.0201. The van der Waals surface area contributed by atoms with Crippen molar-refractivity contribution in [2.75, 3.05) is 13.2 Å². The number of rotatable bonds is 4. The molecule has 2 rings (SSSR count). The Morgan fingerprint density at radius 2 is 2.05 bits per heavy atom. The fraction of sp³-hybridized carbons (Fsp3) is 0.562.